The van der Waals surface area contributed by atoms with E-state index in [2.05, 4.69) is 33.9 Å². The van der Waals surface area contributed by atoms with Gasteiger partial charge < -0.3 is 9.16 Å². The van der Waals surface area contributed by atoms with Crippen LogP contribution < -0.4 is 0 Å². The van der Waals surface area contributed by atoms with Crippen molar-refractivity contribution in [1.82, 2.24) is 0 Å². The van der Waals surface area contributed by atoms with Gasteiger partial charge in [0.1, 0.15) is 6.10 Å². The van der Waals surface area contributed by atoms with Crippen LogP contribution in [0, 0.1) is 0 Å². The molecule has 1 atom stereocenters. The van der Waals surface area contributed by atoms with Gasteiger partial charge in [0.15, 0.2) is 8.32 Å². The number of carbonyl (C=O) groups is 1. The Morgan fingerprint density at radius 2 is 2.07 bits per heavy atom. The first-order chi connectivity index (χ1) is 6.72. The second kappa shape index (κ2) is 4.10. The van der Waals surface area contributed by atoms with Crippen LogP contribution in [0.5, 0.6) is 0 Å². The SMILES string of the molecule is CC(C)(C)[Si](C)(C)OC[C@@H]1C=CC(=O)O1. The van der Waals surface area contributed by atoms with Gasteiger partial charge in [0.25, 0.3) is 0 Å². The van der Waals surface area contributed by atoms with Crippen molar-refractivity contribution in [2.75, 3.05) is 6.61 Å². The van der Waals surface area contributed by atoms with Crippen molar-refractivity contribution in [1.29, 1.82) is 0 Å². The molecule has 86 valence electrons. The summed E-state index contributed by atoms with van der Waals surface area (Å²) in [4.78, 5) is 10.8. The number of esters is 1. The Bertz CT molecular complexity index is 276. The highest BCUT2D eigenvalue weighted by Crippen LogP contribution is 2.36. The van der Waals surface area contributed by atoms with Gasteiger partial charge >= 0.3 is 5.97 Å². The fraction of sp³-hybridized carbons (Fsp3) is 0.727. The fourth-order valence-electron chi connectivity index (χ4n) is 1.01. The fourth-order valence-corrected chi connectivity index (χ4v) is 2.02. The van der Waals surface area contributed by atoms with Gasteiger partial charge in [-0.1, -0.05) is 20.8 Å². The molecule has 1 aliphatic rings. The third-order valence-electron chi connectivity index (χ3n) is 3.13. The van der Waals surface area contributed by atoms with Crippen LogP contribution in [-0.2, 0) is 14.0 Å². The Kier molecular flexibility index (Phi) is 3.40. The molecule has 1 heterocycles. The molecular weight excluding hydrogens is 208 g/mol. The Balaban J connectivity index is 2.44. The lowest BCUT2D eigenvalue weighted by molar-refractivity contribution is -0.139. The number of ether oxygens (including phenoxy) is 1. The molecule has 0 aromatic heterocycles. The summed E-state index contributed by atoms with van der Waals surface area (Å²) in [7, 11) is -1.72. The molecule has 0 radical (unpaired) electrons. The van der Waals surface area contributed by atoms with Crippen LogP contribution in [0.15, 0.2) is 12.2 Å². The molecule has 1 aliphatic heterocycles. The van der Waals surface area contributed by atoms with E-state index in [9.17, 15) is 4.79 Å². The zero-order valence-corrected chi connectivity index (χ0v) is 11.2. The van der Waals surface area contributed by atoms with E-state index in [1.54, 1.807) is 6.08 Å². The average Bonchev–Trinajstić information content (AvgIpc) is 2.46. The third kappa shape index (κ3) is 3.17. The van der Waals surface area contributed by atoms with Gasteiger partial charge in [0.05, 0.1) is 6.61 Å². The number of hydrogen-bond acceptors (Lipinski definition) is 3. The van der Waals surface area contributed by atoms with Gasteiger partial charge in [-0.05, 0) is 24.2 Å². The first-order valence-electron chi connectivity index (χ1n) is 5.25. The van der Waals surface area contributed by atoms with Crippen molar-refractivity contribution >= 4 is 14.3 Å². The molecule has 0 bridgehead atoms. The molecule has 0 spiro atoms. The van der Waals surface area contributed by atoms with Gasteiger partial charge in [-0.2, -0.15) is 0 Å². The van der Waals surface area contributed by atoms with Crippen molar-refractivity contribution < 1.29 is 14.0 Å². The van der Waals surface area contributed by atoms with Gasteiger partial charge in [-0.15, -0.1) is 0 Å². The molecule has 0 amide bonds. The molecule has 0 saturated carbocycles. The van der Waals surface area contributed by atoms with E-state index in [1.807, 2.05) is 0 Å². The summed E-state index contributed by atoms with van der Waals surface area (Å²) in [5.41, 5.74) is 0. The van der Waals surface area contributed by atoms with E-state index in [0.717, 1.165) is 0 Å². The summed E-state index contributed by atoms with van der Waals surface area (Å²) >= 11 is 0. The summed E-state index contributed by atoms with van der Waals surface area (Å²) < 4.78 is 11.0. The third-order valence-corrected chi connectivity index (χ3v) is 7.63. The molecule has 0 aromatic rings. The molecular formula is C11H20O3Si. The number of cyclic esters (lactones) is 1. The van der Waals surface area contributed by atoms with Crippen LogP contribution >= 0.6 is 0 Å². The van der Waals surface area contributed by atoms with E-state index in [1.165, 1.54) is 6.08 Å². The first kappa shape index (κ1) is 12.5. The smallest absolute Gasteiger partial charge is 0.331 e. The molecule has 0 aromatic carbocycles. The second-order valence-electron chi connectivity index (χ2n) is 5.41. The van der Waals surface area contributed by atoms with Gasteiger partial charge in [0.2, 0.25) is 0 Å². The van der Waals surface area contributed by atoms with E-state index in [4.69, 9.17) is 9.16 Å². The maximum Gasteiger partial charge on any atom is 0.331 e. The van der Waals surface area contributed by atoms with Gasteiger partial charge in [0, 0.05) is 6.08 Å². The largest absolute Gasteiger partial charge is 0.453 e. The molecule has 1 rings (SSSR count). The molecule has 15 heavy (non-hydrogen) atoms. The highest BCUT2D eigenvalue weighted by Gasteiger charge is 2.37. The normalized spacial score (nSPS) is 21.9. The molecule has 3 nitrogen and oxygen atoms in total. The number of hydrogen-bond donors (Lipinski definition) is 0. The highest BCUT2D eigenvalue weighted by molar-refractivity contribution is 6.74. The Labute approximate surface area is 92.6 Å². The quantitative estimate of drug-likeness (QED) is 0.550. The molecule has 0 aliphatic carbocycles. The minimum Gasteiger partial charge on any atom is -0.453 e. The van der Waals surface area contributed by atoms with Crippen molar-refractivity contribution in [2.45, 2.75) is 45.0 Å². The average molecular weight is 228 g/mol. The Morgan fingerprint density at radius 3 is 2.47 bits per heavy atom. The number of carbonyl (C=O) groups excluding carboxylic acids is 1. The number of rotatable bonds is 3. The van der Waals surface area contributed by atoms with Gasteiger partial charge in [-0.25, -0.2) is 4.79 Å². The van der Waals surface area contributed by atoms with Crippen molar-refractivity contribution in [3.63, 3.8) is 0 Å². The van der Waals surface area contributed by atoms with Gasteiger partial charge in [-0.3, -0.25) is 0 Å². The Hall–Kier alpha value is -0.613. The van der Waals surface area contributed by atoms with Crippen molar-refractivity contribution in [3.05, 3.63) is 12.2 Å². The first-order valence-corrected chi connectivity index (χ1v) is 8.16. The van der Waals surface area contributed by atoms with E-state index < -0.39 is 8.32 Å². The van der Waals surface area contributed by atoms with E-state index in [-0.39, 0.29) is 17.1 Å². The molecule has 0 fully saturated rings. The topological polar surface area (TPSA) is 35.5 Å². The lowest BCUT2D eigenvalue weighted by Gasteiger charge is -2.36. The Morgan fingerprint density at radius 1 is 1.47 bits per heavy atom. The summed E-state index contributed by atoms with van der Waals surface area (Å²) in [5, 5.41) is 0.194. The van der Waals surface area contributed by atoms with Crippen LogP contribution in [0.4, 0.5) is 0 Å². The van der Waals surface area contributed by atoms with Crippen LogP contribution in [0.25, 0.3) is 0 Å². The summed E-state index contributed by atoms with van der Waals surface area (Å²) in [5.74, 6) is -0.265. The summed E-state index contributed by atoms with van der Waals surface area (Å²) in [6, 6.07) is 0. The van der Waals surface area contributed by atoms with E-state index in [0.29, 0.717) is 6.61 Å². The lowest BCUT2D eigenvalue weighted by atomic mass is 10.2. The van der Waals surface area contributed by atoms with Crippen LogP contribution in [0.1, 0.15) is 20.8 Å². The lowest BCUT2D eigenvalue weighted by Crippen LogP contribution is -2.42. The van der Waals surface area contributed by atoms with Crippen molar-refractivity contribution in [2.24, 2.45) is 0 Å². The summed E-state index contributed by atoms with van der Waals surface area (Å²) in [6.45, 7) is 11.4. The predicted molar refractivity (Wildman–Crippen MR) is 62.2 cm³/mol. The minimum absolute atomic E-state index is 0.188. The second-order valence-corrected chi connectivity index (χ2v) is 10.2. The monoisotopic (exact) mass is 228 g/mol. The van der Waals surface area contributed by atoms with Crippen LogP contribution in [-0.4, -0.2) is 27.0 Å². The zero-order chi connectivity index (χ0) is 11.7. The maximum atomic E-state index is 10.8. The van der Waals surface area contributed by atoms with Crippen LogP contribution in [0.2, 0.25) is 18.1 Å². The molecule has 4 heteroatoms. The minimum atomic E-state index is -1.72. The standard InChI is InChI=1S/C11H20O3Si/c1-11(2,3)15(4,5)13-8-9-6-7-10(12)14-9/h6-7,9H,8H2,1-5H3/t9-/m0/s1. The maximum absolute atomic E-state index is 10.8. The summed E-state index contributed by atoms with van der Waals surface area (Å²) in [6.07, 6.45) is 3.03. The molecule has 0 unspecified atom stereocenters. The molecule has 0 N–H and O–H groups in total. The zero-order valence-electron chi connectivity index (χ0n) is 10.2. The van der Waals surface area contributed by atoms with E-state index >= 15 is 0 Å². The molecule has 0 saturated heterocycles. The van der Waals surface area contributed by atoms with Crippen LogP contribution in [0.3, 0.4) is 0 Å². The highest BCUT2D eigenvalue weighted by atomic mass is 28.4. The predicted octanol–water partition coefficient (Wildman–Crippen LogP) is 2.49. The van der Waals surface area contributed by atoms with Crippen molar-refractivity contribution in [3.8, 4) is 0 Å².